The summed E-state index contributed by atoms with van der Waals surface area (Å²) in [6.07, 6.45) is 0.887. The molecular weight excluding hydrogens is 218 g/mol. The molecule has 0 saturated carbocycles. The zero-order valence-electron chi connectivity index (χ0n) is 10.2. The minimum Gasteiger partial charge on any atom is -0.492 e. The van der Waals surface area contributed by atoms with Crippen LogP contribution < -0.4 is 10.5 Å². The average molecular weight is 239 g/mol. The standard InChI is InChI=1S/C13H21NOS/c1-3-16-9-8-15-13-5-4-11(2)10-12(13)6-7-14/h4-5,10H,3,6-9,14H2,1-2H3. The van der Waals surface area contributed by atoms with Crippen LogP contribution in [0.3, 0.4) is 0 Å². The Morgan fingerprint density at radius 2 is 2.19 bits per heavy atom. The zero-order chi connectivity index (χ0) is 11.8. The highest BCUT2D eigenvalue weighted by molar-refractivity contribution is 7.99. The Morgan fingerprint density at radius 1 is 1.38 bits per heavy atom. The Bertz CT molecular complexity index is 315. The lowest BCUT2D eigenvalue weighted by Crippen LogP contribution is -2.07. The first-order valence-corrected chi connectivity index (χ1v) is 6.93. The summed E-state index contributed by atoms with van der Waals surface area (Å²) in [4.78, 5) is 0. The molecule has 0 aliphatic heterocycles. The molecule has 2 nitrogen and oxygen atoms in total. The number of thioether (sulfide) groups is 1. The van der Waals surface area contributed by atoms with Crippen LogP contribution in [0.15, 0.2) is 18.2 Å². The molecule has 0 spiro atoms. The highest BCUT2D eigenvalue weighted by atomic mass is 32.2. The van der Waals surface area contributed by atoms with Crippen molar-refractivity contribution in [1.82, 2.24) is 0 Å². The molecule has 1 aromatic carbocycles. The normalized spacial score (nSPS) is 10.4. The van der Waals surface area contributed by atoms with Crippen LogP contribution >= 0.6 is 11.8 Å². The van der Waals surface area contributed by atoms with Gasteiger partial charge in [-0.15, -0.1) is 0 Å². The molecule has 0 heterocycles. The van der Waals surface area contributed by atoms with Crippen molar-refractivity contribution in [2.75, 3.05) is 24.7 Å². The lowest BCUT2D eigenvalue weighted by Gasteiger charge is -2.11. The Labute approximate surface area is 103 Å². The zero-order valence-corrected chi connectivity index (χ0v) is 11.0. The van der Waals surface area contributed by atoms with Gasteiger partial charge >= 0.3 is 0 Å². The van der Waals surface area contributed by atoms with Crippen LogP contribution in [0, 0.1) is 6.92 Å². The maximum Gasteiger partial charge on any atom is 0.122 e. The smallest absolute Gasteiger partial charge is 0.122 e. The second kappa shape index (κ2) is 7.58. The van der Waals surface area contributed by atoms with Gasteiger partial charge in [-0.25, -0.2) is 0 Å². The van der Waals surface area contributed by atoms with Crippen molar-refractivity contribution in [2.45, 2.75) is 20.3 Å². The summed E-state index contributed by atoms with van der Waals surface area (Å²) in [7, 11) is 0. The first-order chi connectivity index (χ1) is 7.77. The first kappa shape index (κ1) is 13.4. The van der Waals surface area contributed by atoms with Gasteiger partial charge in [-0.2, -0.15) is 11.8 Å². The molecule has 0 aromatic heterocycles. The Kier molecular flexibility index (Phi) is 6.34. The van der Waals surface area contributed by atoms with Crippen LogP contribution in [-0.4, -0.2) is 24.7 Å². The van der Waals surface area contributed by atoms with Gasteiger partial charge in [0.25, 0.3) is 0 Å². The van der Waals surface area contributed by atoms with Crippen LogP contribution in [0.1, 0.15) is 18.1 Å². The lowest BCUT2D eigenvalue weighted by atomic mass is 10.1. The minimum atomic E-state index is 0.670. The maximum atomic E-state index is 5.77. The van der Waals surface area contributed by atoms with Crippen LogP contribution in [-0.2, 0) is 6.42 Å². The molecule has 3 heteroatoms. The topological polar surface area (TPSA) is 35.2 Å². The monoisotopic (exact) mass is 239 g/mol. The van der Waals surface area contributed by atoms with Crippen molar-refractivity contribution in [1.29, 1.82) is 0 Å². The summed E-state index contributed by atoms with van der Waals surface area (Å²) >= 11 is 1.90. The number of nitrogens with two attached hydrogens (primary N) is 1. The average Bonchev–Trinajstić information content (AvgIpc) is 2.27. The first-order valence-electron chi connectivity index (χ1n) is 5.78. The molecule has 0 fully saturated rings. The molecule has 0 bridgehead atoms. The number of benzene rings is 1. The molecule has 0 atom stereocenters. The van der Waals surface area contributed by atoms with Crippen molar-refractivity contribution >= 4 is 11.8 Å². The number of hydrogen-bond acceptors (Lipinski definition) is 3. The summed E-state index contributed by atoms with van der Waals surface area (Å²) in [5.41, 5.74) is 8.08. The molecule has 0 radical (unpaired) electrons. The van der Waals surface area contributed by atoms with Crippen LogP contribution in [0.4, 0.5) is 0 Å². The molecule has 1 aromatic rings. The van der Waals surface area contributed by atoms with E-state index in [1.165, 1.54) is 11.1 Å². The maximum absolute atomic E-state index is 5.77. The van der Waals surface area contributed by atoms with E-state index in [9.17, 15) is 0 Å². The Balaban J connectivity index is 2.56. The predicted molar refractivity (Wildman–Crippen MR) is 72.4 cm³/mol. The fourth-order valence-electron chi connectivity index (χ4n) is 1.55. The Hall–Kier alpha value is -0.670. The molecule has 0 aliphatic rings. The second-order valence-corrected chi connectivity index (χ2v) is 5.09. The van der Waals surface area contributed by atoms with E-state index in [1.807, 2.05) is 11.8 Å². The van der Waals surface area contributed by atoms with Gasteiger partial charge in [-0.3, -0.25) is 0 Å². The van der Waals surface area contributed by atoms with Gasteiger partial charge in [0, 0.05) is 5.75 Å². The van der Waals surface area contributed by atoms with Gasteiger partial charge < -0.3 is 10.5 Å². The van der Waals surface area contributed by atoms with E-state index in [4.69, 9.17) is 10.5 Å². The van der Waals surface area contributed by atoms with E-state index in [2.05, 4.69) is 32.0 Å². The van der Waals surface area contributed by atoms with E-state index in [0.717, 1.165) is 30.3 Å². The minimum absolute atomic E-state index is 0.670. The second-order valence-electron chi connectivity index (χ2n) is 3.70. The van der Waals surface area contributed by atoms with Crippen LogP contribution in [0.2, 0.25) is 0 Å². The Morgan fingerprint density at radius 3 is 2.88 bits per heavy atom. The van der Waals surface area contributed by atoms with Gasteiger partial charge in [-0.05, 0) is 37.3 Å². The fraction of sp³-hybridized carbons (Fsp3) is 0.538. The summed E-state index contributed by atoms with van der Waals surface area (Å²) in [6.45, 7) is 5.70. The molecule has 0 unspecified atom stereocenters. The number of rotatable bonds is 7. The molecule has 0 amide bonds. The van der Waals surface area contributed by atoms with Crippen LogP contribution in [0.5, 0.6) is 5.75 Å². The quantitative estimate of drug-likeness (QED) is 0.743. The van der Waals surface area contributed by atoms with E-state index in [-0.39, 0.29) is 0 Å². The molecule has 90 valence electrons. The van der Waals surface area contributed by atoms with Gasteiger partial charge in [0.2, 0.25) is 0 Å². The summed E-state index contributed by atoms with van der Waals surface area (Å²) < 4.78 is 5.77. The van der Waals surface area contributed by atoms with Gasteiger partial charge in [0.05, 0.1) is 6.61 Å². The van der Waals surface area contributed by atoms with Gasteiger partial charge in [0.1, 0.15) is 5.75 Å². The lowest BCUT2D eigenvalue weighted by molar-refractivity contribution is 0.340. The van der Waals surface area contributed by atoms with Crippen molar-refractivity contribution < 1.29 is 4.74 Å². The third kappa shape index (κ3) is 4.45. The molecule has 0 aliphatic carbocycles. The largest absolute Gasteiger partial charge is 0.492 e. The molecular formula is C13H21NOS. The van der Waals surface area contributed by atoms with Crippen molar-refractivity contribution in [3.05, 3.63) is 29.3 Å². The SMILES string of the molecule is CCSCCOc1ccc(C)cc1CCN. The molecule has 0 saturated heterocycles. The van der Waals surface area contributed by atoms with E-state index in [1.54, 1.807) is 0 Å². The third-order valence-corrected chi connectivity index (χ3v) is 3.18. The summed E-state index contributed by atoms with van der Waals surface area (Å²) in [6, 6.07) is 6.30. The predicted octanol–water partition coefficient (Wildman–Crippen LogP) is 2.63. The molecule has 2 N–H and O–H groups in total. The van der Waals surface area contributed by atoms with E-state index < -0.39 is 0 Å². The third-order valence-electron chi connectivity index (χ3n) is 2.32. The molecule has 16 heavy (non-hydrogen) atoms. The van der Waals surface area contributed by atoms with Gasteiger partial charge in [-0.1, -0.05) is 24.6 Å². The summed E-state index contributed by atoms with van der Waals surface area (Å²) in [5, 5.41) is 0. The van der Waals surface area contributed by atoms with Crippen molar-refractivity contribution in [3.63, 3.8) is 0 Å². The highest BCUT2D eigenvalue weighted by Crippen LogP contribution is 2.20. The number of hydrogen-bond donors (Lipinski definition) is 1. The fourth-order valence-corrected chi connectivity index (χ4v) is 2.04. The summed E-state index contributed by atoms with van der Waals surface area (Å²) in [5.74, 6) is 3.19. The van der Waals surface area contributed by atoms with Crippen molar-refractivity contribution in [2.24, 2.45) is 5.73 Å². The molecule has 1 rings (SSSR count). The van der Waals surface area contributed by atoms with Crippen molar-refractivity contribution in [3.8, 4) is 5.75 Å². The van der Waals surface area contributed by atoms with Gasteiger partial charge in [0.15, 0.2) is 0 Å². The number of ether oxygens (including phenoxy) is 1. The van der Waals surface area contributed by atoms with Crippen LogP contribution in [0.25, 0.3) is 0 Å². The van der Waals surface area contributed by atoms with E-state index in [0.29, 0.717) is 6.54 Å². The van der Waals surface area contributed by atoms with E-state index >= 15 is 0 Å². The highest BCUT2D eigenvalue weighted by Gasteiger charge is 2.03. The number of aryl methyl sites for hydroxylation is 1.